The summed E-state index contributed by atoms with van der Waals surface area (Å²) < 4.78 is 4.99. The lowest BCUT2D eigenvalue weighted by Gasteiger charge is -2.26. The first-order chi connectivity index (χ1) is 7.52. The van der Waals surface area contributed by atoms with Gasteiger partial charge in [0.2, 0.25) is 5.89 Å². The van der Waals surface area contributed by atoms with Crippen molar-refractivity contribution in [2.75, 3.05) is 6.54 Å². The molecule has 0 aromatic carbocycles. The maximum absolute atomic E-state index is 5.42. The van der Waals surface area contributed by atoms with Crippen LogP contribution in [0.25, 0.3) is 0 Å². The van der Waals surface area contributed by atoms with Gasteiger partial charge in [0.25, 0.3) is 0 Å². The second-order valence-electron chi connectivity index (χ2n) is 4.73. The standard InChI is InChI=1S/C11H22N4O.ClH/c1-8(2)6-15(9(3)4)7-10-13-11(5-12)16-14-10;/h8-9H,5-7,12H2,1-4H3;1H. The molecule has 1 rings (SSSR count). The van der Waals surface area contributed by atoms with Crippen LogP contribution in [0.1, 0.15) is 39.4 Å². The summed E-state index contributed by atoms with van der Waals surface area (Å²) in [5.74, 6) is 1.85. The quantitative estimate of drug-likeness (QED) is 0.847. The van der Waals surface area contributed by atoms with Gasteiger partial charge in [0.05, 0.1) is 13.1 Å². The molecule has 6 heteroatoms. The highest BCUT2D eigenvalue weighted by Crippen LogP contribution is 2.08. The predicted molar refractivity (Wildman–Crippen MR) is 69.8 cm³/mol. The fourth-order valence-corrected chi connectivity index (χ4v) is 1.55. The average Bonchev–Trinajstić information content (AvgIpc) is 2.63. The van der Waals surface area contributed by atoms with Crippen LogP contribution in [0.4, 0.5) is 0 Å². The van der Waals surface area contributed by atoms with Crippen LogP contribution >= 0.6 is 12.4 Å². The van der Waals surface area contributed by atoms with Crippen molar-refractivity contribution in [3.8, 4) is 0 Å². The summed E-state index contributed by atoms with van der Waals surface area (Å²) in [7, 11) is 0. The molecular formula is C11H23ClN4O. The number of nitrogens with two attached hydrogens (primary N) is 1. The van der Waals surface area contributed by atoms with Gasteiger partial charge in [0, 0.05) is 12.6 Å². The van der Waals surface area contributed by atoms with Crippen molar-refractivity contribution in [1.29, 1.82) is 0 Å². The van der Waals surface area contributed by atoms with Crippen molar-refractivity contribution in [2.45, 2.75) is 46.8 Å². The van der Waals surface area contributed by atoms with Gasteiger partial charge in [-0.25, -0.2) is 0 Å². The van der Waals surface area contributed by atoms with Crippen LogP contribution in [0, 0.1) is 5.92 Å². The minimum Gasteiger partial charge on any atom is -0.338 e. The molecular weight excluding hydrogens is 240 g/mol. The van der Waals surface area contributed by atoms with E-state index in [0.29, 0.717) is 24.4 Å². The molecule has 5 nitrogen and oxygen atoms in total. The maximum Gasteiger partial charge on any atom is 0.240 e. The van der Waals surface area contributed by atoms with E-state index in [4.69, 9.17) is 10.3 Å². The Kier molecular flexibility index (Phi) is 7.34. The summed E-state index contributed by atoms with van der Waals surface area (Å²) in [5, 5.41) is 3.91. The number of rotatable bonds is 6. The topological polar surface area (TPSA) is 68.2 Å². The first-order valence-electron chi connectivity index (χ1n) is 5.78. The zero-order valence-corrected chi connectivity index (χ0v) is 11.8. The Morgan fingerprint density at radius 1 is 1.29 bits per heavy atom. The van der Waals surface area contributed by atoms with Crippen molar-refractivity contribution in [3.63, 3.8) is 0 Å². The second-order valence-corrected chi connectivity index (χ2v) is 4.73. The van der Waals surface area contributed by atoms with Crippen molar-refractivity contribution in [3.05, 3.63) is 11.7 Å². The Bertz CT molecular complexity index is 314. The molecule has 0 radical (unpaired) electrons. The van der Waals surface area contributed by atoms with Crippen molar-refractivity contribution in [1.82, 2.24) is 15.0 Å². The zero-order valence-electron chi connectivity index (χ0n) is 11.0. The van der Waals surface area contributed by atoms with E-state index in [9.17, 15) is 0 Å². The number of hydrogen-bond acceptors (Lipinski definition) is 5. The van der Waals surface area contributed by atoms with E-state index in [1.165, 1.54) is 0 Å². The lowest BCUT2D eigenvalue weighted by atomic mass is 10.2. The van der Waals surface area contributed by atoms with Crippen molar-refractivity contribution < 1.29 is 4.52 Å². The first kappa shape index (κ1) is 16.4. The molecule has 1 heterocycles. The minimum atomic E-state index is 0. The summed E-state index contributed by atoms with van der Waals surface area (Å²) in [6.45, 7) is 10.8. The van der Waals surface area contributed by atoms with Crippen LogP contribution < -0.4 is 5.73 Å². The Morgan fingerprint density at radius 3 is 2.35 bits per heavy atom. The van der Waals surface area contributed by atoms with Crippen LogP contribution in [0.2, 0.25) is 0 Å². The molecule has 0 aliphatic carbocycles. The molecule has 2 N–H and O–H groups in total. The van der Waals surface area contributed by atoms with Gasteiger partial charge in [0.1, 0.15) is 0 Å². The van der Waals surface area contributed by atoms with Crippen LogP contribution in [-0.2, 0) is 13.1 Å². The molecule has 0 amide bonds. The van der Waals surface area contributed by atoms with Gasteiger partial charge in [-0.05, 0) is 19.8 Å². The van der Waals surface area contributed by atoms with Crippen LogP contribution in [0.15, 0.2) is 4.52 Å². The predicted octanol–water partition coefficient (Wildman–Crippen LogP) is 1.82. The van der Waals surface area contributed by atoms with Gasteiger partial charge in [-0.2, -0.15) is 4.98 Å². The largest absolute Gasteiger partial charge is 0.338 e. The lowest BCUT2D eigenvalue weighted by molar-refractivity contribution is 0.182. The first-order valence-corrected chi connectivity index (χ1v) is 5.78. The van der Waals surface area contributed by atoms with E-state index in [1.807, 2.05) is 0 Å². The highest BCUT2D eigenvalue weighted by Gasteiger charge is 2.15. The Morgan fingerprint density at radius 2 is 1.94 bits per heavy atom. The van der Waals surface area contributed by atoms with Gasteiger partial charge >= 0.3 is 0 Å². The molecule has 100 valence electrons. The molecule has 0 saturated carbocycles. The molecule has 0 aliphatic heterocycles. The van der Waals surface area contributed by atoms with Crippen LogP contribution in [-0.4, -0.2) is 27.6 Å². The summed E-state index contributed by atoms with van der Waals surface area (Å²) in [6, 6.07) is 0.474. The molecule has 1 aromatic rings. The minimum absolute atomic E-state index is 0. The van der Waals surface area contributed by atoms with Gasteiger partial charge in [-0.3, -0.25) is 4.90 Å². The zero-order chi connectivity index (χ0) is 12.1. The third kappa shape index (κ3) is 5.48. The smallest absolute Gasteiger partial charge is 0.240 e. The van der Waals surface area contributed by atoms with Gasteiger partial charge < -0.3 is 10.3 Å². The van der Waals surface area contributed by atoms with E-state index >= 15 is 0 Å². The molecule has 0 saturated heterocycles. The third-order valence-electron chi connectivity index (χ3n) is 2.36. The fourth-order valence-electron chi connectivity index (χ4n) is 1.55. The normalized spacial score (nSPS) is 11.3. The fraction of sp³-hybridized carbons (Fsp3) is 0.818. The van der Waals surface area contributed by atoms with E-state index < -0.39 is 0 Å². The van der Waals surface area contributed by atoms with E-state index in [0.717, 1.165) is 18.9 Å². The summed E-state index contributed by atoms with van der Waals surface area (Å²) >= 11 is 0. The van der Waals surface area contributed by atoms with E-state index in [2.05, 4.69) is 42.7 Å². The van der Waals surface area contributed by atoms with Gasteiger partial charge in [-0.15, -0.1) is 12.4 Å². The number of hydrogen-bond donors (Lipinski definition) is 1. The van der Waals surface area contributed by atoms with E-state index in [1.54, 1.807) is 0 Å². The Balaban J connectivity index is 0.00000256. The van der Waals surface area contributed by atoms with Crippen LogP contribution in [0.5, 0.6) is 0 Å². The highest BCUT2D eigenvalue weighted by molar-refractivity contribution is 5.85. The second kappa shape index (κ2) is 7.63. The lowest BCUT2D eigenvalue weighted by Crippen LogP contribution is -2.34. The maximum atomic E-state index is 5.42. The molecule has 1 aromatic heterocycles. The summed E-state index contributed by atoms with van der Waals surface area (Å²) in [5.41, 5.74) is 5.42. The average molecular weight is 263 g/mol. The monoisotopic (exact) mass is 262 g/mol. The molecule has 17 heavy (non-hydrogen) atoms. The highest BCUT2D eigenvalue weighted by atomic mass is 35.5. The number of halogens is 1. The molecule has 0 atom stereocenters. The molecule has 0 spiro atoms. The summed E-state index contributed by atoms with van der Waals surface area (Å²) in [4.78, 5) is 6.54. The Labute approximate surface area is 109 Å². The Hall–Kier alpha value is -0.650. The number of nitrogens with zero attached hydrogens (tertiary/aromatic N) is 3. The number of aromatic nitrogens is 2. The molecule has 0 fully saturated rings. The SMILES string of the molecule is CC(C)CN(Cc1noc(CN)n1)C(C)C.Cl. The van der Waals surface area contributed by atoms with Gasteiger partial charge in [-0.1, -0.05) is 19.0 Å². The van der Waals surface area contributed by atoms with Gasteiger partial charge in [0.15, 0.2) is 5.82 Å². The molecule has 0 aliphatic rings. The third-order valence-corrected chi connectivity index (χ3v) is 2.36. The molecule has 0 bridgehead atoms. The summed E-state index contributed by atoms with van der Waals surface area (Å²) in [6.07, 6.45) is 0. The van der Waals surface area contributed by atoms with Crippen molar-refractivity contribution in [2.24, 2.45) is 11.7 Å². The van der Waals surface area contributed by atoms with Crippen molar-refractivity contribution >= 4 is 12.4 Å². The van der Waals surface area contributed by atoms with Crippen LogP contribution in [0.3, 0.4) is 0 Å². The molecule has 0 unspecified atom stereocenters. The van der Waals surface area contributed by atoms with E-state index in [-0.39, 0.29) is 12.4 Å².